The molecule has 0 radical (unpaired) electrons. The number of nitrogens with one attached hydrogen (secondary N) is 1. The van der Waals surface area contributed by atoms with Gasteiger partial charge < -0.3 is 10.2 Å². The molecule has 1 aromatic rings. The first kappa shape index (κ1) is 9.40. The van der Waals surface area contributed by atoms with E-state index in [0.29, 0.717) is 5.75 Å². The fourth-order valence-corrected chi connectivity index (χ4v) is 2.18. The van der Waals surface area contributed by atoms with Gasteiger partial charge in [0.1, 0.15) is 0 Å². The fourth-order valence-electron chi connectivity index (χ4n) is 1.34. The van der Waals surface area contributed by atoms with E-state index >= 15 is 0 Å². The molecule has 14 heavy (non-hydrogen) atoms. The smallest absolute Gasteiger partial charge is 0.234 e. The number of hydrogen-bond acceptors (Lipinski definition) is 3. The topological polar surface area (TPSA) is 32.3 Å². The summed E-state index contributed by atoms with van der Waals surface area (Å²) in [5, 5.41) is 2.85. The number of benzene rings is 1. The number of carbonyl (C=O) groups excluding carboxylic acids is 1. The van der Waals surface area contributed by atoms with Crippen LogP contribution in [0.2, 0.25) is 0 Å². The quantitative estimate of drug-likeness (QED) is 0.763. The number of anilines is 2. The summed E-state index contributed by atoms with van der Waals surface area (Å²) in [6, 6.07) is 6.05. The molecule has 1 heterocycles. The summed E-state index contributed by atoms with van der Waals surface area (Å²) in [6.07, 6.45) is 0. The molecular formula is C10H12N2OS. The van der Waals surface area contributed by atoms with Crippen molar-refractivity contribution >= 4 is 29.0 Å². The zero-order valence-corrected chi connectivity index (χ0v) is 9.02. The normalized spacial score (nSPS) is 14.6. The number of thioether (sulfide) groups is 1. The van der Waals surface area contributed by atoms with Crippen LogP contribution in [0.5, 0.6) is 0 Å². The molecule has 1 aliphatic heterocycles. The molecule has 0 aromatic heterocycles. The summed E-state index contributed by atoms with van der Waals surface area (Å²) in [6.45, 7) is 0. The summed E-state index contributed by atoms with van der Waals surface area (Å²) in [7, 11) is 4.02. The van der Waals surface area contributed by atoms with Gasteiger partial charge in [0.2, 0.25) is 5.91 Å². The van der Waals surface area contributed by atoms with Crippen LogP contribution >= 0.6 is 11.8 Å². The van der Waals surface area contributed by atoms with Crippen LogP contribution in [0.15, 0.2) is 23.1 Å². The molecule has 1 amide bonds. The lowest BCUT2D eigenvalue weighted by molar-refractivity contribution is -0.113. The van der Waals surface area contributed by atoms with Gasteiger partial charge in [-0.25, -0.2) is 0 Å². The second-order valence-electron chi connectivity index (χ2n) is 3.41. The molecule has 4 heteroatoms. The Hall–Kier alpha value is -1.16. The molecular weight excluding hydrogens is 196 g/mol. The van der Waals surface area contributed by atoms with Crippen molar-refractivity contribution in [1.29, 1.82) is 0 Å². The molecule has 0 spiro atoms. The van der Waals surface area contributed by atoms with Crippen LogP contribution in [0, 0.1) is 0 Å². The van der Waals surface area contributed by atoms with E-state index in [0.717, 1.165) is 16.3 Å². The van der Waals surface area contributed by atoms with Crippen molar-refractivity contribution in [3.8, 4) is 0 Å². The third-order valence-corrected chi connectivity index (χ3v) is 3.17. The summed E-state index contributed by atoms with van der Waals surface area (Å²) < 4.78 is 0. The van der Waals surface area contributed by atoms with E-state index in [-0.39, 0.29) is 5.91 Å². The lowest BCUT2D eigenvalue weighted by atomic mass is 10.2. The van der Waals surface area contributed by atoms with Gasteiger partial charge in [-0.1, -0.05) is 0 Å². The number of rotatable bonds is 1. The maximum absolute atomic E-state index is 11.1. The Labute approximate surface area is 87.5 Å². The van der Waals surface area contributed by atoms with Crippen LogP contribution in [-0.4, -0.2) is 25.8 Å². The number of carbonyl (C=O) groups is 1. The molecule has 2 rings (SSSR count). The fraction of sp³-hybridized carbons (Fsp3) is 0.300. The van der Waals surface area contributed by atoms with Crippen LogP contribution < -0.4 is 10.2 Å². The predicted molar refractivity (Wildman–Crippen MR) is 60.1 cm³/mol. The van der Waals surface area contributed by atoms with Gasteiger partial charge in [-0.05, 0) is 18.2 Å². The van der Waals surface area contributed by atoms with Gasteiger partial charge in [0.05, 0.1) is 11.4 Å². The van der Waals surface area contributed by atoms with E-state index in [9.17, 15) is 4.79 Å². The number of fused-ring (bicyclic) bond motifs is 1. The third kappa shape index (κ3) is 1.70. The monoisotopic (exact) mass is 208 g/mol. The summed E-state index contributed by atoms with van der Waals surface area (Å²) in [5.74, 6) is 0.601. The summed E-state index contributed by atoms with van der Waals surface area (Å²) in [4.78, 5) is 14.3. The minimum Gasteiger partial charge on any atom is -0.378 e. The Morgan fingerprint density at radius 3 is 2.93 bits per heavy atom. The van der Waals surface area contributed by atoms with Gasteiger partial charge in [-0.2, -0.15) is 0 Å². The highest BCUT2D eigenvalue weighted by molar-refractivity contribution is 8.00. The standard InChI is InChI=1S/C10H12N2OS/c1-12(2)7-3-4-8-9(5-7)14-6-10(13)11-8/h3-5H,6H2,1-2H3,(H,11,13). The van der Waals surface area contributed by atoms with Gasteiger partial charge >= 0.3 is 0 Å². The minimum atomic E-state index is 0.0834. The molecule has 0 saturated heterocycles. The van der Waals surface area contributed by atoms with Gasteiger partial charge in [-0.15, -0.1) is 11.8 Å². The molecule has 74 valence electrons. The van der Waals surface area contributed by atoms with Crippen molar-refractivity contribution in [3.63, 3.8) is 0 Å². The molecule has 0 bridgehead atoms. The maximum Gasteiger partial charge on any atom is 0.234 e. The first-order valence-electron chi connectivity index (χ1n) is 4.41. The average molecular weight is 208 g/mol. The van der Waals surface area contributed by atoms with Gasteiger partial charge in [0.15, 0.2) is 0 Å². The molecule has 0 atom stereocenters. The van der Waals surface area contributed by atoms with Crippen LogP contribution in [0.3, 0.4) is 0 Å². The van der Waals surface area contributed by atoms with Gasteiger partial charge in [-0.3, -0.25) is 4.79 Å². The number of amides is 1. The zero-order valence-electron chi connectivity index (χ0n) is 8.20. The molecule has 3 nitrogen and oxygen atoms in total. The van der Waals surface area contributed by atoms with Crippen molar-refractivity contribution in [2.45, 2.75) is 4.90 Å². The lowest BCUT2D eigenvalue weighted by Crippen LogP contribution is -2.19. The zero-order chi connectivity index (χ0) is 10.1. The number of nitrogens with zero attached hydrogens (tertiary/aromatic N) is 1. The first-order chi connectivity index (χ1) is 6.66. The Morgan fingerprint density at radius 1 is 1.43 bits per heavy atom. The third-order valence-electron chi connectivity index (χ3n) is 2.11. The Kier molecular flexibility index (Phi) is 2.37. The maximum atomic E-state index is 11.1. The molecule has 0 saturated carbocycles. The van der Waals surface area contributed by atoms with Crippen LogP contribution in [-0.2, 0) is 4.79 Å². The van der Waals surface area contributed by atoms with E-state index < -0.39 is 0 Å². The highest BCUT2D eigenvalue weighted by atomic mass is 32.2. The molecule has 0 unspecified atom stereocenters. The highest BCUT2D eigenvalue weighted by Gasteiger charge is 2.15. The van der Waals surface area contributed by atoms with Crippen LogP contribution in [0.1, 0.15) is 0 Å². The predicted octanol–water partition coefficient (Wildman–Crippen LogP) is 1.80. The number of hydrogen-bond donors (Lipinski definition) is 1. The highest BCUT2D eigenvalue weighted by Crippen LogP contribution is 2.33. The second kappa shape index (κ2) is 3.53. The molecule has 0 aliphatic carbocycles. The van der Waals surface area contributed by atoms with Crippen molar-refractivity contribution in [2.24, 2.45) is 0 Å². The van der Waals surface area contributed by atoms with E-state index in [4.69, 9.17) is 0 Å². The Balaban J connectivity index is 2.36. The van der Waals surface area contributed by atoms with E-state index in [1.165, 1.54) is 0 Å². The summed E-state index contributed by atoms with van der Waals surface area (Å²) >= 11 is 1.59. The molecule has 1 N–H and O–H groups in total. The van der Waals surface area contributed by atoms with Gasteiger partial charge in [0.25, 0.3) is 0 Å². The Morgan fingerprint density at radius 2 is 2.21 bits per heavy atom. The molecule has 1 aromatic carbocycles. The van der Waals surface area contributed by atoms with E-state index in [2.05, 4.69) is 16.3 Å². The van der Waals surface area contributed by atoms with Crippen LogP contribution in [0.4, 0.5) is 11.4 Å². The largest absolute Gasteiger partial charge is 0.378 e. The SMILES string of the molecule is CN(C)c1ccc2c(c1)SCC(=O)N2. The minimum absolute atomic E-state index is 0.0834. The van der Waals surface area contributed by atoms with Crippen molar-refractivity contribution in [2.75, 3.05) is 30.1 Å². The van der Waals surface area contributed by atoms with Gasteiger partial charge in [0, 0.05) is 24.7 Å². The molecule has 0 fully saturated rings. The summed E-state index contributed by atoms with van der Waals surface area (Å²) in [5.41, 5.74) is 2.09. The first-order valence-corrected chi connectivity index (χ1v) is 5.39. The Bertz CT molecular complexity index is 376. The van der Waals surface area contributed by atoms with E-state index in [1.54, 1.807) is 11.8 Å². The van der Waals surface area contributed by atoms with Crippen LogP contribution in [0.25, 0.3) is 0 Å². The second-order valence-corrected chi connectivity index (χ2v) is 4.43. The van der Waals surface area contributed by atoms with E-state index in [1.807, 2.05) is 26.2 Å². The average Bonchev–Trinajstić information content (AvgIpc) is 2.16. The molecule has 1 aliphatic rings. The van der Waals surface area contributed by atoms with Crippen molar-refractivity contribution in [1.82, 2.24) is 0 Å². The van der Waals surface area contributed by atoms with Crippen molar-refractivity contribution in [3.05, 3.63) is 18.2 Å². The van der Waals surface area contributed by atoms with Crippen molar-refractivity contribution < 1.29 is 4.79 Å². The lowest BCUT2D eigenvalue weighted by Gasteiger charge is -2.19.